The molecule has 0 amide bonds. The highest BCUT2D eigenvalue weighted by atomic mass is 32.2. The van der Waals surface area contributed by atoms with Gasteiger partial charge in [-0.3, -0.25) is 0 Å². The molecule has 3 N–H and O–H groups in total. The number of nitrogen functional groups attached to an aromatic ring is 1. The Labute approximate surface area is 130 Å². The molecule has 7 heteroatoms. The van der Waals surface area contributed by atoms with E-state index in [1.807, 2.05) is 11.8 Å². The average Bonchev–Trinajstić information content (AvgIpc) is 3.17. The molecule has 0 atom stereocenters. The summed E-state index contributed by atoms with van der Waals surface area (Å²) < 4.78 is 0.329. The van der Waals surface area contributed by atoms with Gasteiger partial charge in [0, 0.05) is 24.4 Å². The van der Waals surface area contributed by atoms with Crippen molar-refractivity contribution in [2.24, 2.45) is 0 Å². The van der Waals surface area contributed by atoms with Gasteiger partial charge in [-0.2, -0.15) is 26.7 Å². The maximum atomic E-state index is 5.84. The first kappa shape index (κ1) is 14.7. The first-order chi connectivity index (χ1) is 10.2. The minimum atomic E-state index is 0.305. The van der Waals surface area contributed by atoms with Gasteiger partial charge in [0.1, 0.15) is 0 Å². The molecule has 1 aromatic heterocycles. The van der Waals surface area contributed by atoms with Crippen LogP contribution in [-0.4, -0.2) is 45.6 Å². The Morgan fingerprint density at radius 3 is 2.52 bits per heavy atom. The van der Waals surface area contributed by atoms with Crippen molar-refractivity contribution in [3.05, 3.63) is 0 Å². The molecule has 2 heterocycles. The van der Waals surface area contributed by atoms with Gasteiger partial charge >= 0.3 is 0 Å². The molecular weight excluding hydrogens is 284 g/mol. The van der Waals surface area contributed by atoms with E-state index in [0.717, 1.165) is 19.6 Å². The van der Waals surface area contributed by atoms with Crippen LogP contribution in [0.5, 0.6) is 0 Å². The van der Waals surface area contributed by atoms with Crippen LogP contribution in [-0.2, 0) is 0 Å². The van der Waals surface area contributed by atoms with Crippen molar-refractivity contribution in [3.8, 4) is 0 Å². The molecule has 0 bridgehead atoms. The molecule has 6 nitrogen and oxygen atoms in total. The van der Waals surface area contributed by atoms with Gasteiger partial charge in [-0.05, 0) is 31.9 Å². The molecule has 1 aliphatic heterocycles. The second kappa shape index (κ2) is 6.25. The zero-order chi connectivity index (χ0) is 14.7. The second-order valence-corrected chi connectivity index (χ2v) is 7.23. The Balaban J connectivity index is 1.70. The Hall–Kier alpha value is -1.24. The smallest absolute Gasteiger partial charge is 0.231 e. The monoisotopic (exact) mass is 308 g/mol. The van der Waals surface area contributed by atoms with Gasteiger partial charge in [-0.1, -0.05) is 12.8 Å². The van der Waals surface area contributed by atoms with Crippen LogP contribution in [0.4, 0.5) is 17.8 Å². The average molecular weight is 308 g/mol. The van der Waals surface area contributed by atoms with Crippen LogP contribution >= 0.6 is 11.8 Å². The summed E-state index contributed by atoms with van der Waals surface area (Å²) in [6, 6.07) is 0. The van der Waals surface area contributed by atoms with Crippen molar-refractivity contribution in [1.29, 1.82) is 0 Å². The predicted octanol–water partition coefficient (Wildman–Crippen LogP) is 2.14. The van der Waals surface area contributed by atoms with E-state index in [2.05, 4.69) is 31.4 Å². The van der Waals surface area contributed by atoms with Crippen LogP contribution in [0.2, 0.25) is 0 Å². The van der Waals surface area contributed by atoms with Crippen LogP contribution < -0.4 is 16.0 Å². The summed E-state index contributed by atoms with van der Waals surface area (Å²) in [7, 11) is 0. The van der Waals surface area contributed by atoms with E-state index in [9.17, 15) is 0 Å². The van der Waals surface area contributed by atoms with E-state index in [-0.39, 0.29) is 0 Å². The highest BCUT2D eigenvalue weighted by Crippen LogP contribution is 2.40. The number of hydrogen-bond donors (Lipinski definition) is 2. The quantitative estimate of drug-likeness (QED) is 0.862. The van der Waals surface area contributed by atoms with Crippen molar-refractivity contribution in [2.75, 3.05) is 41.8 Å². The van der Waals surface area contributed by atoms with Crippen LogP contribution in [0, 0.1) is 0 Å². The fourth-order valence-corrected chi connectivity index (χ4v) is 4.14. The minimum Gasteiger partial charge on any atom is -0.368 e. The lowest BCUT2D eigenvalue weighted by Gasteiger charge is -2.27. The summed E-state index contributed by atoms with van der Waals surface area (Å²) in [4.78, 5) is 15.2. The first-order valence-corrected chi connectivity index (χ1v) is 8.99. The van der Waals surface area contributed by atoms with Gasteiger partial charge in [0.2, 0.25) is 17.8 Å². The van der Waals surface area contributed by atoms with Crippen molar-refractivity contribution < 1.29 is 0 Å². The Bertz CT molecular complexity index is 482. The van der Waals surface area contributed by atoms with Crippen molar-refractivity contribution in [1.82, 2.24) is 15.0 Å². The highest BCUT2D eigenvalue weighted by Gasteiger charge is 2.33. The Kier molecular flexibility index (Phi) is 4.37. The lowest BCUT2D eigenvalue weighted by Crippen LogP contribution is -2.31. The van der Waals surface area contributed by atoms with Gasteiger partial charge in [-0.15, -0.1) is 0 Å². The third kappa shape index (κ3) is 3.33. The third-order valence-electron chi connectivity index (χ3n) is 4.55. The van der Waals surface area contributed by atoms with E-state index in [1.54, 1.807) is 0 Å². The van der Waals surface area contributed by atoms with Gasteiger partial charge < -0.3 is 16.0 Å². The molecule has 0 unspecified atom stereocenters. The van der Waals surface area contributed by atoms with Crippen LogP contribution in [0.15, 0.2) is 0 Å². The summed E-state index contributed by atoms with van der Waals surface area (Å²) in [5.41, 5.74) is 5.84. The number of thioether (sulfide) groups is 1. The molecule has 1 aliphatic carbocycles. The summed E-state index contributed by atoms with van der Waals surface area (Å²) in [6.45, 7) is 2.92. The molecule has 0 radical (unpaired) electrons. The zero-order valence-electron chi connectivity index (χ0n) is 12.6. The topological polar surface area (TPSA) is 80.0 Å². The zero-order valence-corrected chi connectivity index (χ0v) is 13.5. The predicted molar refractivity (Wildman–Crippen MR) is 88.9 cm³/mol. The Morgan fingerprint density at radius 2 is 1.86 bits per heavy atom. The fraction of sp³-hybridized carbons (Fsp3) is 0.786. The number of nitrogens with two attached hydrogens (primary N) is 1. The molecule has 2 aliphatic rings. The summed E-state index contributed by atoms with van der Waals surface area (Å²) in [6.07, 6.45) is 9.77. The lowest BCUT2D eigenvalue weighted by molar-refractivity contribution is 0.636. The molecule has 21 heavy (non-hydrogen) atoms. The second-order valence-electron chi connectivity index (χ2n) is 5.96. The van der Waals surface area contributed by atoms with Crippen molar-refractivity contribution in [2.45, 2.75) is 43.3 Å². The molecular formula is C14H24N6S. The standard InChI is InChI=1S/C14H24N6S/c1-21-14(6-2-3-7-14)10-16-12-17-11(15)18-13(19-12)20-8-4-5-9-20/h2-10H2,1H3,(H3,15,16,17,18,19). The van der Waals surface area contributed by atoms with E-state index in [4.69, 9.17) is 5.73 Å². The maximum Gasteiger partial charge on any atom is 0.231 e. The Morgan fingerprint density at radius 1 is 1.14 bits per heavy atom. The molecule has 0 spiro atoms. The fourth-order valence-electron chi connectivity index (χ4n) is 3.23. The molecule has 1 saturated carbocycles. The molecule has 0 aromatic carbocycles. The molecule has 1 aromatic rings. The largest absolute Gasteiger partial charge is 0.368 e. The summed E-state index contributed by atoms with van der Waals surface area (Å²) in [5.74, 6) is 1.64. The number of nitrogens with one attached hydrogen (secondary N) is 1. The minimum absolute atomic E-state index is 0.305. The summed E-state index contributed by atoms with van der Waals surface area (Å²) >= 11 is 1.96. The van der Waals surface area contributed by atoms with Gasteiger partial charge in [0.25, 0.3) is 0 Å². The molecule has 1 saturated heterocycles. The van der Waals surface area contributed by atoms with Crippen molar-refractivity contribution >= 4 is 29.6 Å². The van der Waals surface area contributed by atoms with E-state index in [0.29, 0.717) is 22.6 Å². The number of nitrogens with zero attached hydrogens (tertiary/aromatic N) is 4. The van der Waals surface area contributed by atoms with E-state index in [1.165, 1.54) is 38.5 Å². The van der Waals surface area contributed by atoms with Crippen LogP contribution in [0.3, 0.4) is 0 Å². The van der Waals surface area contributed by atoms with Crippen LogP contribution in [0.1, 0.15) is 38.5 Å². The van der Waals surface area contributed by atoms with Crippen molar-refractivity contribution in [3.63, 3.8) is 0 Å². The van der Waals surface area contributed by atoms with Gasteiger partial charge in [0.15, 0.2) is 0 Å². The van der Waals surface area contributed by atoms with Gasteiger partial charge in [0.05, 0.1) is 0 Å². The van der Waals surface area contributed by atoms with Crippen LogP contribution in [0.25, 0.3) is 0 Å². The van der Waals surface area contributed by atoms with Gasteiger partial charge in [-0.25, -0.2) is 0 Å². The first-order valence-electron chi connectivity index (χ1n) is 7.76. The number of anilines is 3. The third-order valence-corrected chi connectivity index (χ3v) is 5.96. The normalized spacial score (nSPS) is 20.9. The lowest BCUT2D eigenvalue weighted by atomic mass is 10.1. The molecule has 2 fully saturated rings. The molecule has 116 valence electrons. The van der Waals surface area contributed by atoms with E-state index < -0.39 is 0 Å². The number of aromatic nitrogens is 3. The number of hydrogen-bond acceptors (Lipinski definition) is 7. The SMILES string of the molecule is CSC1(CNc2nc(N)nc(N3CCCC3)n2)CCCC1. The summed E-state index contributed by atoms with van der Waals surface area (Å²) in [5, 5.41) is 3.39. The maximum absolute atomic E-state index is 5.84. The number of rotatable bonds is 5. The molecule has 3 rings (SSSR count). The van der Waals surface area contributed by atoms with E-state index >= 15 is 0 Å². The highest BCUT2D eigenvalue weighted by molar-refractivity contribution is 8.00.